The van der Waals surface area contributed by atoms with E-state index >= 15 is 0 Å². The van der Waals surface area contributed by atoms with Crippen molar-refractivity contribution in [2.24, 2.45) is 44.3 Å². The van der Waals surface area contributed by atoms with Gasteiger partial charge in [-0.15, -0.1) is 0 Å². The van der Waals surface area contributed by atoms with Gasteiger partial charge in [0.25, 0.3) is 0 Å². The highest BCUT2D eigenvalue weighted by Gasteiger charge is 2.69. The second-order valence-corrected chi connectivity index (χ2v) is 25.8. The van der Waals surface area contributed by atoms with Gasteiger partial charge in [-0.25, -0.2) is 0 Å². The topological polar surface area (TPSA) is 357 Å². The molecular weight excluding hydrogens is 1000 g/mol. The maximum Gasteiger partial charge on any atom is 0.187 e. The van der Waals surface area contributed by atoms with Crippen molar-refractivity contribution in [2.75, 3.05) is 26.4 Å². The van der Waals surface area contributed by atoms with Gasteiger partial charge in [-0.2, -0.15) is 0 Å². The average Bonchev–Trinajstić information content (AvgIpc) is 3.47. The van der Waals surface area contributed by atoms with Gasteiger partial charge in [0, 0.05) is 10.8 Å². The highest BCUT2D eigenvalue weighted by Crippen LogP contribution is 2.74. The molecule has 4 heterocycles. The van der Waals surface area contributed by atoms with E-state index in [-0.39, 0.29) is 46.7 Å². The number of fused-ring (bicyclic) bond motifs is 6. The van der Waals surface area contributed by atoms with Gasteiger partial charge in [-0.1, -0.05) is 59.3 Å². The van der Waals surface area contributed by atoms with E-state index in [0.717, 1.165) is 25.7 Å². The first-order valence-electron chi connectivity index (χ1n) is 27.5. The molecule has 436 valence electrons. The van der Waals surface area contributed by atoms with Gasteiger partial charge in [0.15, 0.2) is 25.2 Å². The molecule has 5 aliphatic carbocycles. The summed E-state index contributed by atoms with van der Waals surface area (Å²) in [5.74, 6) is -0.0515. The molecule has 9 aliphatic rings. The molecule has 76 heavy (non-hydrogen) atoms. The fourth-order valence-corrected chi connectivity index (χ4v) is 15.9. The number of allylic oxidation sites excluding steroid dienone is 3. The van der Waals surface area contributed by atoms with E-state index < -0.39 is 159 Å². The zero-order valence-corrected chi connectivity index (χ0v) is 45.0. The van der Waals surface area contributed by atoms with Gasteiger partial charge in [0.05, 0.1) is 50.8 Å². The quantitative estimate of drug-likeness (QED) is 0.0975. The van der Waals surface area contributed by atoms with Gasteiger partial charge < -0.3 is 109 Å². The molecule has 4 saturated heterocycles. The summed E-state index contributed by atoms with van der Waals surface area (Å²) in [5, 5.41) is 154. The third-order valence-corrected chi connectivity index (χ3v) is 21.2. The Balaban J connectivity index is 1.01. The molecule has 0 aromatic rings. The smallest absolute Gasteiger partial charge is 0.187 e. The van der Waals surface area contributed by atoms with Gasteiger partial charge in [-0.3, -0.25) is 0 Å². The first kappa shape index (κ1) is 59.2. The lowest BCUT2D eigenvalue weighted by atomic mass is 9.35. The lowest BCUT2D eigenvalue weighted by molar-refractivity contribution is -0.402. The normalized spacial score (nSPS) is 55.3. The van der Waals surface area contributed by atoms with Crippen molar-refractivity contribution in [3.63, 3.8) is 0 Å². The SMILES string of the molecule is CC1OC(OC2C(CO)OC(OC3C(O)C(C)OC(OC4CCC5(C)C(CCC6(C)C5C=CC5=C7CC(C)(C)C(O)CC7(CO)CCC56C)C4(C)CO)C3OC3OC(CO)C(O)C(O)C3O)C(O)C2O)C(O)C(O)C1O. The minimum Gasteiger partial charge on any atom is -0.396 e. The third-order valence-electron chi connectivity index (χ3n) is 21.2. The van der Waals surface area contributed by atoms with Crippen molar-refractivity contribution in [3.8, 4) is 0 Å². The van der Waals surface area contributed by atoms with Crippen LogP contribution in [0.5, 0.6) is 0 Å². The summed E-state index contributed by atoms with van der Waals surface area (Å²) in [6.07, 6.45) is -24.3. The molecule has 22 heteroatoms. The lowest BCUT2D eigenvalue weighted by Crippen LogP contribution is -2.68. The Morgan fingerprint density at radius 3 is 1.74 bits per heavy atom. The zero-order valence-electron chi connectivity index (χ0n) is 45.0. The third kappa shape index (κ3) is 9.34. The number of hydrogen-bond donors (Lipinski definition) is 14. The molecule has 29 unspecified atom stereocenters. The molecule has 7 fully saturated rings. The van der Waals surface area contributed by atoms with Crippen LogP contribution in [0.25, 0.3) is 0 Å². The Morgan fingerprint density at radius 2 is 1.11 bits per heavy atom. The lowest BCUT2D eigenvalue weighted by Gasteiger charge is -2.70. The Labute approximate surface area is 444 Å². The maximum absolute atomic E-state index is 11.9. The molecule has 0 amide bonds. The van der Waals surface area contributed by atoms with E-state index in [1.54, 1.807) is 0 Å². The molecule has 0 spiro atoms. The van der Waals surface area contributed by atoms with E-state index in [1.807, 2.05) is 6.92 Å². The van der Waals surface area contributed by atoms with E-state index in [1.165, 1.54) is 25.0 Å². The highest BCUT2D eigenvalue weighted by atomic mass is 16.8. The van der Waals surface area contributed by atoms with Crippen molar-refractivity contribution in [2.45, 2.75) is 242 Å². The fraction of sp³-hybridized carbons (Fsp3) is 0.926. The van der Waals surface area contributed by atoms with Crippen LogP contribution >= 0.6 is 0 Å². The van der Waals surface area contributed by atoms with E-state index in [4.69, 9.17) is 37.9 Å². The Kier molecular flexibility index (Phi) is 16.7. The first-order chi connectivity index (χ1) is 35.6. The summed E-state index contributed by atoms with van der Waals surface area (Å²) in [6.45, 7) is 14.2. The van der Waals surface area contributed by atoms with Crippen LogP contribution < -0.4 is 0 Å². The van der Waals surface area contributed by atoms with Gasteiger partial charge >= 0.3 is 0 Å². The predicted octanol–water partition coefficient (Wildman–Crippen LogP) is -1.64. The average molecular weight is 1090 g/mol. The fourth-order valence-electron chi connectivity index (χ4n) is 15.9. The Morgan fingerprint density at radius 1 is 0.539 bits per heavy atom. The van der Waals surface area contributed by atoms with Gasteiger partial charge in [-0.05, 0) is 104 Å². The van der Waals surface area contributed by atoms with Crippen molar-refractivity contribution in [1.29, 1.82) is 0 Å². The minimum absolute atomic E-state index is 0.0225. The van der Waals surface area contributed by atoms with Crippen molar-refractivity contribution in [1.82, 2.24) is 0 Å². The molecule has 22 nitrogen and oxygen atoms in total. The molecule has 4 aliphatic heterocycles. The van der Waals surface area contributed by atoms with Crippen LogP contribution in [-0.4, -0.2) is 233 Å². The van der Waals surface area contributed by atoms with Crippen molar-refractivity contribution >= 4 is 0 Å². The maximum atomic E-state index is 11.9. The summed E-state index contributed by atoms with van der Waals surface area (Å²) < 4.78 is 49.2. The largest absolute Gasteiger partial charge is 0.396 e. The molecule has 0 aromatic carbocycles. The monoisotopic (exact) mass is 1090 g/mol. The van der Waals surface area contributed by atoms with Crippen LogP contribution in [0.2, 0.25) is 0 Å². The predicted molar refractivity (Wildman–Crippen MR) is 263 cm³/mol. The van der Waals surface area contributed by atoms with Crippen molar-refractivity contribution in [3.05, 3.63) is 23.3 Å². The van der Waals surface area contributed by atoms with Crippen LogP contribution in [-0.2, 0) is 37.9 Å². The molecular formula is C54H88O22. The highest BCUT2D eigenvalue weighted by molar-refractivity contribution is 5.46. The second-order valence-electron chi connectivity index (χ2n) is 25.8. The van der Waals surface area contributed by atoms with Crippen LogP contribution in [0.15, 0.2) is 23.3 Å². The molecule has 9 rings (SSSR count). The van der Waals surface area contributed by atoms with E-state index in [0.29, 0.717) is 25.7 Å². The van der Waals surface area contributed by atoms with Crippen LogP contribution in [0, 0.1) is 44.3 Å². The first-order valence-corrected chi connectivity index (χ1v) is 27.5. The minimum atomic E-state index is -2.01. The summed E-state index contributed by atoms with van der Waals surface area (Å²) in [4.78, 5) is 0. The van der Waals surface area contributed by atoms with Gasteiger partial charge in [0.1, 0.15) is 85.5 Å². The van der Waals surface area contributed by atoms with Gasteiger partial charge in [0.2, 0.25) is 0 Å². The second kappa shape index (κ2) is 21.4. The molecule has 3 saturated carbocycles. The standard InChI is InChI=1S/C54H88O22/c1-23-33(60)36(63)39(66)45(69-23)74-42-28(20-56)72-47(41(68)38(42)65)75-43-34(61)24(2)70-48(44(43)76-46-40(67)37(64)35(62)27(19-55)71-46)73-32-12-13-50(5)29(51(32,6)21-57)11-14-53(8)30(50)10-9-25-26-17-49(3,4)31(59)18-54(26,22-58)16-15-52(25,53)7/h9-10,23-24,27-48,55-68H,11-22H2,1-8H3. The van der Waals surface area contributed by atoms with Crippen LogP contribution in [0.3, 0.4) is 0 Å². The molecule has 0 radical (unpaired) electrons. The Bertz CT molecular complexity index is 2110. The summed E-state index contributed by atoms with van der Waals surface area (Å²) in [5.41, 5.74) is -0.0723. The molecule has 0 bridgehead atoms. The number of aliphatic hydroxyl groups excluding tert-OH is 14. The number of ether oxygens (including phenoxy) is 8. The number of rotatable bonds is 12. The molecule has 0 aromatic heterocycles. The number of aliphatic hydroxyl groups is 14. The Hall–Kier alpha value is -1.40. The van der Waals surface area contributed by atoms with Crippen molar-refractivity contribution < 1.29 is 109 Å². The van der Waals surface area contributed by atoms with E-state index in [9.17, 15) is 71.5 Å². The van der Waals surface area contributed by atoms with Crippen LogP contribution in [0.4, 0.5) is 0 Å². The molecule has 14 N–H and O–H groups in total. The molecule has 29 atom stereocenters. The number of hydrogen-bond acceptors (Lipinski definition) is 22. The van der Waals surface area contributed by atoms with Crippen LogP contribution in [0.1, 0.15) is 107 Å². The zero-order chi connectivity index (χ0) is 55.6. The summed E-state index contributed by atoms with van der Waals surface area (Å²) in [7, 11) is 0. The van der Waals surface area contributed by atoms with E-state index in [2.05, 4.69) is 46.8 Å². The summed E-state index contributed by atoms with van der Waals surface area (Å²) >= 11 is 0. The summed E-state index contributed by atoms with van der Waals surface area (Å²) in [6, 6.07) is 0.